The summed E-state index contributed by atoms with van der Waals surface area (Å²) in [6.07, 6.45) is 8.34. The third-order valence-electron chi connectivity index (χ3n) is 9.30. The molecule has 42 heavy (non-hydrogen) atoms. The minimum absolute atomic E-state index is 0.0471. The van der Waals surface area contributed by atoms with Gasteiger partial charge < -0.3 is 20.1 Å². The average molecular weight is 571 g/mol. The first-order chi connectivity index (χ1) is 20.0. The van der Waals surface area contributed by atoms with Crippen molar-refractivity contribution in [3.8, 4) is 0 Å². The highest BCUT2D eigenvalue weighted by molar-refractivity contribution is 6.15. The number of hydrogen-bond acceptors (Lipinski definition) is 6. The number of allylic oxidation sites excluding steroid dienone is 3. The molecule has 1 saturated heterocycles. The maximum absolute atomic E-state index is 14.3. The summed E-state index contributed by atoms with van der Waals surface area (Å²) in [7, 11) is 0. The van der Waals surface area contributed by atoms with Gasteiger partial charge in [-0.2, -0.15) is 0 Å². The molecule has 2 aliphatic carbocycles. The molecule has 8 nitrogen and oxygen atoms in total. The van der Waals surface area contributed by atoms with E-state index in [0.29, 0.717) is 24.0 Å². The molecule has 2 fully saturated rings. The van der Waals surface area contributed by atoms with Gasteiger partial charge in [0, 0.05) is 41.9 Å². The van der Waals surface area contributed by atoms with Crippen LogP contribution in [0.1, 0.15) is 39.7 Å². The third kappa shape index (κ3) is 4.87. The van der Waals surface area contributed by atoms with Crippen LogP contribution in [-0.4, -0.2) is 51.8 Å². The topological polar surface area (TPSA) is 126 Å². The lowest BCUT2D eigenvalue weighted by molar-refractivity contribution is -0.149. The predicted octanol–water partition coefficient (Wildman–Crippen LogP) is 4.16. The zero-order valence-corrected chi connectivity index (χ0v) is 24.4. The fraction of sp³-hybridized carbons (Fsp3) is 0.412. The van der Waals surface area contributed by atoms with Crippen LogP contribution < -0.4 is 5.32 Å². The van der Waals surface area contributed by atoms with E-state index in [9.17, 15) is 24.3 Å². The highest BCUT2D eigenvalue weighted by Crippen LogP contribution is 2.56. The quantitative estimate of drug-likeness (QED) is 0.289. The number of H-pyrrole nitrogens is 1. The number of esters is 1. The molecular weight excluding hydrogens is 532 g/mol. The molecule has 5 rings (SSSR count). The van der Waals surface area contributed by atoms with Gasteiger partial charge in [0.25, 0.3) is 0 Å². The summed E-state index contributed by atoms with van der Waals surface area (Å²) in [5, 5.41) is 15.7. The van der Waals surface area contributed by atoms with Crippen molar-refractivity contribution >= 4 is 34.3 Å². The number of hydrogen-bond donors (Lipinski definition) is 3. The minimum Gasteiger partial charge on any atom is -0.450 e. The number of ether oxygens (including phenoxy) is 1. The van der Waals surface area contributed by atoms with Crippen molar-refractivity contribution in [1.82, 2.24) is 10.3 Å². The Labute approximate surface area is 245 Å². The monoisotopic (exact) mass is 570 g/mol. The zero-order valence-electron chi connectivity index (χ0n) is 24.4. The van der Waals surface area contributed by atoms with Crippen LogP contribution in [0.15, 0.2) is 78.6 Å². The summed E-state index contributed by atoms with van der Waals surface area (Å²) in [6.45, 7) is 11.0. The fourth-order valence-electron chi connectivity index (χ4n) is 7.32. The van der Waals surface area contributed by atoms with Crippen LogP contribution in [0.4, 0.5) is 0 Å². The number of rotatable bonds is 3. The number of fused-ring (bicyclic) bond motifs is 1. The van der Waals surface area contributed by atoms with Crippen molar-refractivity contribution in [2.45, 2.75) is 58.8 Å². The normalized spacial score (nSPS) is 36.4. The Kier molecular flexibility index (Phi) is 7.94. The number of para-hydroxylation sites is 1. The van der Waals surface area contributed by atoms with Crippen LogP contribution in [0.3, 0.4) is 0 Å². The average Bonchev–Trinajstić information content (AvgIpc) is 3.49. The van der Waals surface area contributed by atoms with E-state index in [1.54, 1.807) is 13.0 Å². The SMILES string of the molecule is C=C1[C@@H](C)C2[C@H](Cc3c[nH]c4ccccc34)NC(=O)[C@]23C(=O)/C=C/C(=O)C(OC(C)=O)/C(C)=C\[C@@H](C)C/C=C/[C@H]3[C@@H]1O. The number of benzene rings is 1. The second-order valence-electron chi connectivity index (χ2n) is 12.0. The largest absolute Gasteiger partial charge is 0.450 e. The number of aliphatic hydroxyl groups is 1. The Morgan fingerprint density at radius 1 is 1.17 bits per heavy atom. The first-order valence-electron chi connectivity index (χ1n) is 14.5. The van der Waals surface area contributed by atoms with Crippen molar-refractivity contribution in [2.24, 2.45) is 29.1 Å². The number of carbonyl (C=O) groups excluding carboxylic acids is 4. The Morgan fingerprint density at radius 3 is 2.64 bits per heavy atom. The molecule has 1 aromatic carbocycles. The molecule has 2 unspecified atom stereocenters. The predicted molar refractivity (Wildman–Crippen MR) is 159 cm³/mol. The van der Waals surface area contributed by atoms with E-state index < -0.39 is 58.9 Å². The molecule has 3 aliphatic rings. The van der Waals surface area contributed by atoms with Gasteiger partial charge in [0.15, 0.2) is 11.9 Å². The van der Waals surface area contributed by atoms with Gasteiger partial charge in [-0.25, -0.2) is 0 Å². The molecular formula is C34H38N2O6. The molecule has 8 heteroatoms. The number of ketones is 2. The number of nitrogens with one attached hydrogen (secondary N) is 2. The lowest BCUT2D eigenvalue weighted by Gasteiger charge is -2.48. The van der Waals surface area contributed by atoms with Crippen LogP contribution >= 0.6 is 0 Å². The van der Waals surface area contributed by atoms with Crippen LogP contribution in [0.25, 0.3) is 10.9 Å². The van der Waals surface area contributed by atoms with Gasteiger partial charge >= 0.3 is 5.97 Å². The van der Waals surface area contributed by atoms with E-state index in [1.165, 1.54) is 6.92 Å². The second kappa shape index (κ2) is 11.3. The van der Waals surface area contributed by atoms with Gasteiger partial charge in [0.05, 0.1) is 6.10 Å². The number of aliphatic hydroxyl groups excluding tert-OH is 1. The highest BCUT2D eigenvalue weighted by atomic mass is 16.5. The molecule has 2 aromatic rings. The van der Waals surface area contributed by atoms with Crippen LogP contribution in [0.5, 0.6) is 0 Å². The Balaban J connectivity index is 1.62. The summed E-state index contributed by atoms with van der Waals surface area (Å²) in [6, 6.07) is 7.48. The van der Waals surface area contributed by atoms with Gasteiger partial charge in [0.1, 0.15) is 5.41 Å². The molecule has 1 aromatic heterocycles. The highest BCUT2D eigenvalue weighted by Gasteiger charge is 2.68. The van der Waals surface area contributed by atoms with Gasteiger partial charge in [-0.15, -0.1) is 0 Å². The lowest BCUT2D eigenvalue weighted by atomic mass is 9.52. The summed E-state index contributed by atoms with van der Waals surface area (Å²) in [4.78, 5) is 56.9. The molecule has 1 amide bonds. The molecule has 0 radical (unpaired) electrons. The van der Waals surface area contributed by atoms with Crippen molar-refractivity contribution in [3.63, 3.8) is 0 Å². The maximum Gasteiger partial charge on any atom is 0.303 e. The van der Waals surface area contributed by atoms with Gasteiger partial charge in [0.2, 0.25) is 11.7 Å². The number of aromatic nitrogens is 1. The van der Waals surface area contributed by atoms with Gasteiger partial charge in [-0.3, -0.25) is 19.2 Å². The molecule has 1 aliphatic heterocycles. The van der Waals surface area contributed by atoms with E-state index in [2.05, 4.69) is 16.9 Å². The van der Waals surface area contributed by atoms with Crippen molar-refractivity contribution in [3.05, 3.63) is 84.1 Å². The zero-order chi connectivity index (χ0) is 30.3. The van der Waals surface area contributed by atoms with Crippen LogP contribution in [0.2, 0.25) is 0 Å². The van der Waals surface area contributed by atoms with Crippen molar-refractivity contribution < 1.29 is 29.0 Å². The Hall–Kier alpha value is -4.04. The Bertz CT molecular complexity index is 1550. The molecule has 1 spiro atoms. The van der Waals surface area contributed by atoms with Crippen molar-refractivity contribution in [1.29, 1.82) is 0 Å². The smallest absolute Gasteiger partial charge is 0.303 e. The number of amides is 1. The van der Waals surface area contributed by atoms with E-state index in [0.717, 1.165) is 28.6 Å². The lowest BCUT2D eigenvalue weighted by Crippen LogP contribution is -2.58. The number of aromatic amines is 1. The molecule has 0 bridgehead atoms. The molecule has 3 N–H and O–H groups in total. The third-order valence-corrected chi connectivity index (χ3v) is 9.30. The number of carbonyl (C=O) groups is 4. The van der Waals surface area contributed by atoms with E-state index >= 15 is 0 Å². The first kappa shape index (κ1) is 29.5. The van der Waals surface area contributed by atoms with Gasteiger partial charge in [-0.05, 0) is 66.5 Å². The molecule has 2 heterocycles. The molecule has 1 saturated carbocycles. The minimum atomic E-state index is -1.67. The second-order valence-corrected chi connectivity index (χ2v) is 12.0. The molecule has 8 atom stereocenters. The molecule has 220 valence electrons. The summed E-state index contributed by atoms with van der Waals surface area (Å²) >= 11 is 0. The van der Waals surface area contributed by atoms with Crippen LogP contribution in [0, 0.1) is 29.1 Å². The first-order valence-corrected chi connectivity index (χ1v) is 14.5. The van der Waals surface area contributed by atoms with E-state index in [4.69, 9.17) is 4.74 Å². The summed E-state index contributed by atoms with van der Waals surface area (Å²) in [5.74, 6) is -4.07. The summed E-state index contributed by atoms with van der Waals surface area (Å²) in [5.41, 5.74) is 1.44. The fourth-order valence-corrected chi connectivity index (χ4v) is 7.32. The van der Waals surface area contributed by atoms with Gasteiger partial charge in [-0.1, -0.05) is 56.9 Å². The van der Waals surface area contributed by atoms with E-state index in [1.807, 2.05) is 56.5 Å². The van der Waals surface area contributed by atoms with Crippen LogP contribution in [-0.2, 0) is 30.3 Å². The van der Waals surface area contributed by atoms with Crippen molar-refractivity contribution in [2.75, 3.05) is 0 Å². The maximum atomic E-state index is 14.3. The standard InChI is InChI=1S/C34H38N2O6/c1-18-9-8-11-25-31(40)21(4)20(3)30-27(16-23-17-35-26-12-7-6-10-24(23)26)36-33(41)34(25,30)29(39)14-13-28(38)32(19(2)15-18)42-22(5)37/h6-8,10-15,17-18,20,25,27,30-32,35,40H,4,9,16H2,1-3,5H3,(H,36,41)/b11-8+,14-13+,19-15-/t18-,20+,25-,27-,30?,31+,32?,34+/m0/s1. The van der Waals surface area contributed by atoms with E-state index in [-0.39, 0.29) is 11.8 Å². The Morgan fingerprint density at radius 2 is 1.90 bits per heavy atom. The summed E-state index contributed by atoms with van der Waals surface area (Å²) < 4.78 is 5.34.